The number of aryl methyl sites for hydroxylation is 1. The van der Waals surface area contributed by atoms with E-state index in [1.54, 1.807) is 31.2 Å². The van der Waals surface area contributed by atoms with Crippen LogP contribution in [0.2, 0.25) is 5.02 Å². The molecular weight excluding hydrogens is 550 g/mol. The normalized spacial score (nSPS) is 13.4. The highest BCUT2D eigenvalue weighted by molar-refractivity contribution is 7.92. The van der Waals surface area contributed by atoms with Crippen molar-refractivity contribution in [1.29, 1.82) is 0 Å². The molecule has 1 aromatic heterocycles. The summed E-state index contributed by atoms with van der Waals surface area (Å²) in [6.45, 7) is 3.30. The highest BCUT2D eigenvalue weighted by Crippen LogP contribution is 2.34. The Labute approximate surface area is 229 Å². The molecule has 2 heterocycles. The molecule has 200 valence electrons. The molecule has 0 fully saturated rings. The van der Waals surface area contributed by atoms with E-state index in [2.05, 4.69) is 10.6 Å². The number of thiophene rings is 1. The zero-order valence-corrected chi connectivity index (χ0v) is 23.3. The number of carbonyl (C=O) groups excluding carboxylic acids is 3. The van der Waals surface area contributed by atoms with E-state index >= 15 is 0 Å². The summed E-state index contributed by atoms with van der Waals surface area (Å²) in [6.07, 6.45) is 0.0169. The number of nitrogens with zero attached hydrogens (tertiary/aromatic N) is 2. The molecule has 0 aliphatic carbocycles. The largest absolute Gasteiger partial charge is 0.384 e. The second-order valence-corrected chi connectivity index (χ2v) is 12.5. The summed E-state index contributed by atoms with van der Waals surface area (Å²) in [5.41, 5.74) is 2.18. The van der Waals surface area contributed by atoms with Crippen LogP contribution in [0, 0.1) is 6.92 Å². The number of nitrogens with one attached hydrogen (secondary N) is 3. The molecule has 13 heteroatoms. The van der Waals surface area contributed by atoms with Gasteiger partial charge in [-0.3, -0.25) is 9.59 Å². The van der Waals surface area contributed by atoms with Crippen molar-refractivity contribution in [2.45, 2.75) is 17.6 Å². The van der Waals surface area contributed by atoms with Gasteiger partial charge in [-0.25, -0.2) is 22.8 Å². The van der Waals surface area contributed by atoms with Crippen LogP contribution in [-0.4, -0.2) is 58.3 Å². The Bertz CT molecular complexity index is 1520. The lowest BCUT2D eigenvalue weighted by atomic mass is 9.97. The number of likely N-dealkylation sites (N-methyl/N-ethyl adjacent to an activating group) is 1. The summed E-state index contributed by atoms with van der Waals surface area (Å²) in [4.78, 5) is 42.3. The fourth-order valence-electron chi connectivity index (χ4n) is 3.85. The van der Waals surface area contributed by atoms with Crippen molar-refractivity contribution in [2.24, 2.45) is 0 Å². The van der Waals surface area contributed by atoms with Crippen LogP contribution in [0.4, 0.5) is 21.9 Å². The average Bonchev–Trinajstić information content (AvgIpc) is 3.27. The smallest absolute Gasteiger partial charge is 0.333 e. The van der Waals surface area contributed by atoms with E-state index in [9.17, 15) is 22.8 Å². The third-order valence-electron chi connectivity index (χ3n) is 5.67. The van der Waals surface area contributed by atoms with Crippen molar-refractivity contribution >= 4 is 67.9 Å². The molecule has 0 saturated carbocycles. The highest BCUT2D eigenvalue weighted by atomic mass is 35.5. The lowest BCUT2D eigenvalue weighted by molar-refractivity contribution is -0.117. The van der Waals surface area contributed by atoms with E-state index in [0.717, 1.165) is 33.3 Å². The molecule has 4 amide bonds. The first-order valence-electron chi connectivity index (χ1n) is 11.5. The lowest BCUT2D eigenvalue weighted by Gasteiger charge is -2.28. The van der Waals surface area contributed by atoms with Crippen LogP contribution in [0.15, 0.2) is 52.7 Å². The van der Waals surface area contributed by atoms with Gasteiger partial charge in [0.15, 0.2) is 0 Å². The van der Waals surface area contributed by atoms with Crippen LogP contribution >= 0.6 is 22.9 Å². The number of hydrogen-bond acceptors (Lipinski definition) is 8. The number of benzene rings is 2. The predicted octanol–water partition coefficient (Wildman–Crippen LogP) is 3.92. The Morgan fingerprint density at radius 2 is 1.82 bits per heavy atom. The number of rotatable bonds is 8. The van der Waals surface area contributed by atoms with Crippen LogP contribution in [0.3, 0.4) is 0 Å². The second-order valence-electron chi connectivity index (χ2n) is 8.90. The summed E-state index contributed by atoms with van der Waals surface area (Å²) in [7, 11) is -0.0848. The van der Waals surface area contributed by atoms with E-state index < -0.39 is 27.9 Å². The molecule has 3 N–H and O–H groups in total. The number of halogens is 1. The summed E-state index contributed by atoms with van der Waals surface area (Å²) in [5, 5.41) is 5.72. The zero-order chi connectivity index (χ0) is 27.6. The molecular formula is C25H26ClN5O5S2. The first kappa shape index (κ1) is 27.6. The third kappa shape index (κ3) is 6.16. The van der Waals surface area contributed by atoms with Gasteiger partial charge in [0.1, 0.15) is 4.21 Å². The molecule has 0 spiro atoms. The molecule has 4 rings (SSSR count). The molecule has 0 unspecified atom stereocenters. The van der Waals surface area contributed by atoms with Gasteiger partial charge in [-0.05, 0) is 75.1 Å². The first-order valence-corrected chi connectivity index (χ1v) is 14.2. The fraction of sp³-hybridized carbons (Fsp3) is 0.240. The highest BCUT2D eigenvalue weighted by Gasteiger charge is 2.33. The van der Waals surface area contributed by atoms with Crippen molar-refractivity contribution in [3.05, 3.63) is 69.6 Å². The minimum Gasteiger partial charge on any atom is -0.384 e. The van der Waals surface area contributed by atoms with Crippen LogP contribution in [0.1, 0.15) is 20.8 Å². The number of imide groups is 1. The van der Waals surface area contributed by atoms with Gasteiger partial charge in [-0.1, -0.05) is 11.6 Å². The van der Waals surface area contributed by atoms with Crippen molar-refractivity contribution in [2.75, 3.05) is 42.7 Å². The number of hydrogen-bond donors (Lipinski definition) is 3. The number of fused-ring (bicyclic) bond motifs is 1. The van der Waals surface area contributed by atoms with Crippen LogP contribution in [-0.2, 0) is 21.2 Å². The van der Waals surface area contributed by atoms with Crippen molar-refractivity contribution in [3.8, 4) is 0 Å². The van der Waals surface area contributed by atoms with Crippen molar-refractivity contribution < 1.29 is 22.8 Å². The number of carbonyl (C=O) groups is 3. The second kappa shape index (κ2) is 11.1. The van der Waals surface area contributed by atoms with Gasteiger partial charge in [0, 0.05) is 34.9 Å². The standard InChI is InChI=1S/C25H26ClN5O5S2/c1-15-4-9-23(37-15)38(35,36)29-25(34)28-18-6-8-21(20(26)14-18)31-22(32)13-16-12-17(27-10-11-30(2)3)5-7-19(16)24(31)33/h4-9,12,14,27H,10-11,13H2,1-3H3,(H2,28,29,34). The Morgan fingerprint density at radius 3 is 2.47 bits per heavy atom. The van der Waals surface area contributed by atoms with Crippen molar-refractivity contribution in [1.82, 2.24) is 9.62 Å². The van der Waals surface area contributed by atoms with E-state index in [-0.39, 0.29) is 27.0 Å². The minimum absolute atomic E-state index is 0.0115. The van der Waals surface area contributed by atoms with Gasteiger partial charge in [0.05, 0.1) is 17.1 Å². The van der Waals surface area contributed by atoms with E-state index in [4.69, 9.17) is 11.6 Å². The Balaban J connectivity index is 1.47. The number of sulfonamides is 1. The van der Waals surface area contributed by atoms with Crippen LogP contribution in [0.5, 0.6) is 0 Å². The SMILES string of the molecule is Cc1ccc(S(=O)(=O)NC(=O)Nc2ccc(N3C(=O)Cc4cc(NCCN(C)C)ccc4C3=O)c(Cl)c2)s1. The van der Waals surface area contributed by atoms with E-state index in [1.165, 1.54) is 24.3 Å². The third-order valence-corrected chi connectivity index (χ3v) is 8.80. The van der Waals surface area contributed by atoms with Gasteiger partial charge < -0.3 is 15.5 Å². The van der Waals surface area contributed by atoms with Crippen LogP contribution in [0.25, 0.3) is 0 Å². The molecule has 0 radical (unpaired) electrons. The van der Waals surface area contributed by atoms with Crippen LogP contribution < -0.4 is 20.3 Å². The monoisotopic (exact) mass is 575 g/mol. The summed E-state index contributed by atoms with van der Waals surface area (Å²) in [6, 6.07) is 11.5. The molecule has 3 aromatic rings. The maximum Gasteiger partial charge on any atom is 0.333 e. The molecule has 0 bridgehead atoms. The maximum atomic E-state index is 13.2. The average molecular weight is 576 g/mol. The van der Waals surface area contributed by atoms with Gasteiger partial charge in [-0.15, -0.1) is 11.3 Å². The summed E-state index contributed by atoms with van der Waals surface area (Å²) in [5.74, 6) is -0.945. The van der Waals surface area contributed by atoms with Gasteiger partial charge >= 0.3 is 6.03 Å². The zero-order valence-electron chi connectivity index (χ0n) is 20.9. The van der Waals surface area contributed by atoms with Gasteiger partial charge in [0.2, 0.25) is 5.91 Å². The molecule has 38 heavy (non-hydrogen) atoms. The molecule has 1 aliphatic rings. The minimum atomic E-state index is -4.03. The summed E-state index contributed by atoms with van der Waals surface area (Å²) < 4.78 is 26.7. The lowest BCUT2D eigenvalue weighted by Crippen LogP contribution is -2.42. The quantitative estimate of drug-likeness (QED) is 0.347. The Kier molecular flexibility index (Phi) is 8.07. The summed E-state index contributed by atoms with van der Waals surface area (Å²) >= 11 is 7.43. The molecule has 0 atom stereocenters. The van der Waals surface area contributed by atoms with Gasteiger partial charge in [0.25, 0.3) is 15.9 Å². The van der Waals surface area contributed by atoms with E-state index in [1.807, 2.05) is 23.7 Å². The Hall–Kier alpha value is -3.45. The maximum absolute atomic E-state index is 13.2. The van der Waals surface area contributed by atoms with Crippen molar-refractivity contribution in [3.63, 3.8) is 0 Å². The molecule has 1 aliphatic heterocycles. The molecule has 0 saturated heterocycles. The Morgan fingerprint density at radius 1 is 1.08 bits per heavy atom. The topological polar surface area (TPSA) is 128 Å². The predicted molar refractivity (Wildman–Crippen MR) is 149 cm³/mol. The first-order chi connectivity index (χ1) is 17.9. The fourth-order valence-corrected chi connectivity index (χ4v) is 6.31. The van der Waals surface area contributed by atoms with E-state index in [0.29, 0.717) is 17.7 Å². The number of anilines is 3. The number of amides is 4. The number of urea groups is 1. The molecule has 10 nitrogen and oxygen atoms in total. The van der Waals surface area contributed by atoms with Gasteiger partial charge in [-0.2, -0.15) is 0 Å². The molecule has 2 aromatic carbocycles.